The third-order valence-corrected chi connectivity index (χ3v) is 9.84. The lowest BCUT2D eigenvalue weighted by atomic mass is 9.31. The molecule has 3 N–H and O–H groups in total. The van der Waals surface area contributed by atoms with E-state index in [1.807, 2.05) is 12.1 Å². The number of anilines is 2. The molecule has 33 heavy (non-hydrogen) atoms. The average molecular weight is 446 g/mol. The van der Waals surface area contributed by atoms with Crippen molar-refractivity contribution in [1.29, 1.82) is 0 Å². The predicted octanol–water partition coefficient (Wildman–Crippen LogP) is 4.98. The minimum Gasteiger partial charge on any atom is -0.506 e. The van der Waals surface area contributed by atoms with Gasteiger partial charge in [0.25, 0.3) is 0 Å². The Morgan fingerprint density at radius 1 is 0.970 bits per heavy atom. The highest BCUT2D eigenvalue weighted by molar-refractivity contribution is 6.03. The van der Waals surface area contributed by atoms with Crippen molar-refractivity contribution < 1.29 is 24.5 Å². The maximum atomic E-state index is 12.2. The molecule has 5 atom stereocenters. The van der Waals surface area contributed by atoms with Crippen LogP contribution < -0.4 is 10.1 Å². The first-order chi connectivity index (χ1) is 15.9. The number of ether oxygens (including phenoxy) is 1. The van der Waals surface area contributed by atoms with E-state index in [9.17, 15) is 19.8 Å². The highest BCUT2D eigenvalue weighted by Gasteiger charge is 2.80. The number of aromatic hydroxyl groups is 1. The van der Waals surface area contributed by atoms with Crippen LogP contribution in [-0.4, -0.2) is 22.2 Å². The Balaban J connectivity index is 1.06. The fourth-order valence-electron chi connectivity index (χ4n) is 8.22. The van der Waals surface area contributed by atoms with Crippen LogP contribution in [0.2, 0.25) is 0 Å². The van der Waals surface area contributed by atoms with E-state index >= 15 is 0 Å². The number of carboxylic acid groups (broad SMARTS) is 1. The molecule has 2 aromatic rings. The Labute approximate surface area is 192 Å². The van der Waals surface area contributed by atoms with Gasteiger partial charge in [0.2, 0.25) is 0 Å². The molecule has 6 heteroatoms. The van der Waals surface area contributed by atoms with Gasteiger partial charge in [-0.2, -0.15) is 0 Å². The number of nitrogens with one attached hydrogen (secondary N) is 1. The molecule has 0 saturated heterocycles. The van der Waals surface area contributed by atoms with Crippen LogP contribution in [0.3, 0.4) is 0 Å². The quantitative estimate of drug-likeness (QED) is 0.251. The van der Waals surface area contributed by atoms with Gasteiger partial charge in [0.1, 0.15) is 11.5 Å². The first kappa shape index (κ1) is 19.4. The summed E-state index contributed by atoms with van der Waals surface area (Å²) in [6.07, 6.45) is 7.46. The number of fused-ring (bicyclic) bond motifs is 1. The minimum atomic E-state index is -1.37. The molecule has 0 aliphatic heterocycles. The highest BCUT2D eigenvalue weighted by Crippen LogP contribution is 2.86. The van der Waals surface area contributed by atoms with E-state index in [-0.39, 0.29) is 5.75 Å². The molecule has 5 aliphatic carbocycles. The summed E-state index contributed by atoms with van der Waals surface area (Å²) < 4.78 is 5.27. The number of carbonyl (C=O) groups excluding carboxylic acids is 1. The Bertz CT molecular complexity index is 1200. The monoisotopic (exact) mass is 445 g/mol. The molecule has 0 amide bonds. The van der Waals surface area contributed by atoms with Gasteiger partial charge >= 0.3 is 11.9 Å². The summed E-state index contributed by atoms with van der Waals surface area (Å²) in [4.78, 5) is 23.4. The maximum Gasteiger partial charge on any atom is 0.328 e. The van der Waals surface area contributed by atoms with Crippen LogP contribution in [0.25, 0.3) is 0 Å². The Hall–Kier alpha value is -3.02. The van der Waals surface area contributed by atoms with Gasteiger partial charge in [-0.1, -0.05) is 6.07 Å². The van der Waals surface area contributed by atoms with Gasteiger partial charge in [0, 0.05) is 11.1 Å². The number of esters is 1. The number of carboxylic acids is 1. The van der Waals surface area contributed by atoms with E-state index in [1.165, 1.54) is 37.7 Å². The average Bonchev–Trinajstić information content (AvgIpc) is 3.45. The second-order valence-electron chi connectivity index (χ2n) is 11.1. The van der Waals surface area contributed by atoms with Crippen molar-refractivity contribution >= 4 is 23.3 Å². The smallest absolute Gasteiger partial charge is 0.328 e. The molecule has 6 nitrogen and oxygen atoms in total. The van der Waals surface area contributed by atoms with Crippen LogP contribution in [0.4, 0.5) is 11.4 Å². The summed E-state index contributed by atoms with van der Waals surface area (Å²) in [5, 5.41) is 23.3. The SMILES string of the molecule is O=C(O)C1(C(=O)Oc2ccc(Nc3ccc(C45CC6CC7CC(C4)C75C6)cc3O)cc2)CC1. The van der Waals surface area contributed by atoms with Crippen molar-refractivity contribution in [2.45, 2.75) is 50.4 Å². The van der Waals surface area contributed by atoms with Crippen LogP contribution in [-0.2, 0) is 15.0 Å². The van der Waals surface area contributed by atoms with E-state index in [0.717, 1.165) is 23.4 Å². The Morgan fingerprint density at radius 3 is 2.39 bits per heavy atom. The molecule has 0 heterocycles. The molecule has 5 unspecified atom stereocenters. The van der Waals surface area contributed by atoms with Crippen LogP contribution in [0.5, 0.6) is 11.5 Å². The summed E-state index contributed by atoms with van der Waals surface area (Å²) in [6, 6.07) is 12.9. The lowest BCUT2D eigenvalue weighted by Crippen LogP contribution is -2.68. The number of hydrogen-bond donors (Lipinski definition) is 3. The largest absolute Gasteiger partial charge is 0.506 e. The van der Waals surface area contributed by atoms with Crippen molar-refractivity contribution in [2.24, 2.45) is 28.6 Å². The van der Waals surface area contributed by atoms with Gasteiger partial charge in [-0.05, 0) is 110 Å². The summed E-state index contributed by atoms with van der Waals surface area (Å²) in [5.41, 5.74) is 2.15. The van der Waals surface area contributed by atoms with E-state index in [0.29, 0.717) is 35.1 Å². The molecule has 2 aromatic carbocycles. The Kier molecular flexibility index (Phi) is 3.60. The number of carbonyl (C=O) groups is 2. The first-order valence-electron chi connectivity index (χ1n) is 12.0. The minimum absolute atomic E-state index is 0.257. The maximum absolute atomic E-state index is 12.2. The van der Waals surface area contributed by atoms with Crippen molar-refractivity contribution in [2.75, 3.05) is 5.32 Å². The molecule has 170 valence electrons. The molecule has 1 spiro atoms. The zero-order valence-electron chi connectivity index (χ0n) is 18.3. The van der Waals surface area contributed by atoms with Crippen molar-refractivity contribution in [3.05, 3.63) is 48.0 Å². The number of rotatable bonds is 6. The van der Waals surface area contributed by atoms with Gasteiger partial charge < -0.3 is 20.3 Å². The molecule has 7 rings (SSSR count). The molecule has 5 saturated carbocycles. The van der Waals surface area contributed by atoms with Crippen molar-refractivity contribution in [3.8, 4) is 11.5 Å². The standard InChI is InChI=1S/C27H27NO5/c29-22-11-16(26-12-15-9-17-10-18(14-26)27(17,26)13-15)1-6-21(22)28-19-2-4-20(5-3-19)33-24(32)25(7-8-25)23(30)31/h1-6,11,15,17-18,28-29H,7-10,12-14H2,(H,30,31). The summed E-state index contributed by atoms with van der Waals surface area (Å²) in [7, 11) is 0. The lowest BCUT2D eigenvalue weighted by molar-refractivity contribution is -0.198. The molecule has 0 aromatic heterocycles. The third kappa shape index (κ3) is 2.34. The number of hydrogen-bond acceptors (Lipinski definition) is 5. The highest BCUT2D eigenvalue weighted by atomic mass is 16.5. The fourth-order valence-corrected chi connectivity index (χ4v) is 8.22. The van der Waals surface area contributed by atoms with Crippen LogP contribution in [0.15, 0.2) is 42.5 Å². The van der Waals surface area contributed by atoms with Gasteiger partial charge in [-0.3, -0.25) is 9.59 Å². The van der Waals surface area contributed by atoms with Crippen molar-refractivity contribution in [3.63, 3.8) is 0 Å². The van der Waals surface area contributed by atoms with Gasteiger partial charge in [0.15, 0.2) is 5.41 Å². The topological polar surface area (TPSA) is 95.9 Å². The van der Waals surface area contributed by atoms with Crippen LogP contribution in [0.1, 0.15) is 50.5 Å². The number of benzene rings is 2. The van der Waals surface area contributed by atoms with Gasteiger partial charge in [-0.15, -0.1) is 0 Å². The van der Waals surface area contributed by atoms with E-state index < -0.39 is 17.4 Å². The second kappa shape index (κ2) is 6.10. The molecule has 5 aliphatic rings. The molecular weight excluding hydrogens is 418 g/mol. The number of phenols is 1. The molecular formula is C27H27NO5. The second-order valence-corrected chi connectivity index (χ2v) is 11.1. The third-order valence-electron chi connectivity index (χ3n) is 9.84. The first-order valence-corrected chi connectivity index (χ1v) is 12.0. The van der Waals surface area contributed by atoms with E-state index in [1.54, 1.807) is 24.3 Å². The number of aliphatic carboxylic acids is 1. The summed E-state index contributed by atoms with van der Waals surface area (Å²) in [5.74, 6) is 1.42. The van der Waals surface area contributed by atoms with E-state index in [2.05, 4.69) is 11.4 Å². The molecule has 5 fully saturated rings. The van der Waals surface area contributed by atoms with Gasteiger partial charge in [-0.25, -0.2) is 0 Å². The molecule has 2 bridgehead atoms. The van der Waals surface area contributed by atoms with E-state index in [4.69, 9.17) is 4.74 Å². The van der Waals surface area contributed by atoms with Gasteiger partial charge in [0.05, 0.1) is 5.69 Å². The van der Waals surface area contributed by atoms with Crippen LogP contribution in [0, 0.1) is 28.6 Å². The normalized spacial score (nSPS) is 35.7. The van der Waals surface area contributed by atoms with Crippen molar-refractivity contribution in [1.82, 2.24) is 0 Å². The zero-order chi connectivity index (χ0) is 22.6. The summed E-state index contributed by atoms with van der Waals surface area (Å²) >= 11 is 0. The summed E-state index contributed by atoms with van der Waals surface area (Å²) in [6.45, 7) is 0. The predicted molar refractivity (Wildman–Crippen MR) is 120 cm³/mol. The Morgan fingerprint density at radius 2 is 1.76 bits per heavy atom. The zero-order valence-corrected chi connectivity index (χ0v) is 18.3. The lowest BCUT2D eigenvalue weighted by Gasteiger charge is -2.73. The molecule has 0 radical (unpaired) electrons. The number of phenolic OH excluding ortho intramolecular Hbond substituents is 1. The van der Waals surface area contributed by atoms with Crippen LogP contribution >= 0.6 is 0 Å². The fraction of sp³-hybridized carbons (Fsp3) is 0.481.